The maximum absolute atomic E-state index is 11.4. The minimum absolute atomic E-state index is 0.317. The van der Waals surface area contributed by atoms with Crippen molar-refractivity contribution < 1.29 is 14.3 Å². The molecule has 4 heteroatoms. The number of rotatable bonds is 4. The number of esters is 1. The highest BCUT2D eigenvalue weighted by atomic mass is 16.5. The zero-order valence-electron chi connectivity index (χ0n) is 12.5. The SMILES string of the molecule is COC(=O)c1ccc(OC[C@@H]2CC3CCCCC3N2)cc1. The molecule has 1 aliphatic carbocycles. The molecular formula is C17H23NO3. The molecular weight excluding hydrogens is 266 g/mol. The van der Waals surface area contributed by atoms with E-state index in [1.54, 1.807) is 12.1 Å². The minimum atomic E-state index is -0.317. The molecule has 0 amide bonds. The van der Waals surface area contributed by atoms with Crippen molar-refractivity contribution in [3.8, 4) is 5.75 Å². The number of fused-ring (bicyclic) bond motifs is 1. The average Bonchev–Trinajstić information content (AvgIpc) is 2.95. The lowest BCUT2D eigenvalue weighted by atomic mass is 9.85. The summed E-state index contributed by atoms with van der Waals surface area (Å²) in [6.45, 7) is 0.699. The fourth-order valence-corrected chi connectivity index (χ4v) is 3.56. The number of carbonyl (C=O) groups excluding carboxylic acids is 1. The summed E-state index contributed by atoms with van der Waals surface area (Å²) >= 11 is 0. The van der Waals surface area contributed by atoms with Crippen molar-refractivity contribution in [3.05, 3.63) is 29.8 Å². The Balaban J connectivity index is 1.50. The number of benzene rings is 1. The Bertz CT molecular complexity index is 471. The molecule has 21 heavy (non-hydrogen) atoms. The van der Waals surface area contributed by atoms with Crippen molar-refractivity contribution in [1.29, 1.82) is 0 Å². The van der Waals surface area contributed by atoms with Gasteiger partial charge in [-0.1, -0.05) is 12.8 Å². The zero-order valence-corrected chi connectivity index (χ0v) is 12.5. The van der Waals surface area contributed by atoms with Crippen LogP contribution >= 0.6 is 0 Å². The molecule has 1 N–H and O–H groups in total. The Morgan fingerprint density at radius 2 is 2.00 bits per heavy atom. The maximum atomic E-state index is 11.4. The van der Waals surface area contributed by atoms with Crippen molar-refractivity contribution in [2.45, 2.75) is 44.2 Å². The Kier molecular flexibility index (Phi) is 4.44. The van der Waals surface area contributed by atoms with Crippen LogP contribution in [0.25, 0.3) is 0 Å². The van der Waals surface area contributed by atoms with Crippen LogP contribution in [0.1, 0.15) is 42.5 Å². The van der Waals surface area contributed by atoms with Gasteiger partial charge in [0.1, 0.15) is 12.4 Å². The molecule has 114 valence electrons. The lowest BCUT2D eigenvalue weighted by Crippen LogP contribution is -2.35. The fourth-order valence-electron chi connectivity index (χ4n) is 3.56. The van der Waals surface area contributed by atoms with E-state index < -0.39 is 0 Å². The van der Waals surface area contributed by atoms with Gasteiger partial charge in [-0.3, -0.25) is 0 Å². The maximum Gasteiger partial charge on any atom is 0.337 e. The van der Waals surface area contributed by atoms with E-state index in [4.69, 9.17) is 4.74 Å². The second-order valence-corrected chi connectivity index (χ2v) is 6.08. The van der Waals surface area contributed by atoms with E-state index in [0.29, 0.717) is 24.3 Å². The molecule has 3 rings (SSSR count). The summed E-state index contributed by atoms with van der Waals surface area (Å²) in [5.74, 6) is 1.33. The molecule has 1 aromatic carbocycles. The van der Waals surface area contributed by atoms with E-state index in [2.05, 4.69) is 10.1 Å². The molecule has 1 saturated carbocycles. The normalized spacial score (nSPS) is 28.0. The van der Waals surface area contributed by atoms with Crippen molar-refractivity contribution in [1.82, 2.24) is 5.32 Å². The van der Waals surface area contributed by atoms with Crippen LogP contribution in [0.5, 0.6) is 5.75 Å². The molecule has 3 atom stereocenters. The predicted octanol–water partition coefficient (Wildman–Crippen LogP) is 2.77. The third-order valence-corrected chi connectivity index (χ3v) is 4.67. The van der Waals surface area contributed by atoms with Crippen LogP contribution in [0.15, 0.2) is 24.3 Å². The van der Waals surface area contributed by atoms with Crippen molar-refractivity contribution in [2.75, 3.05) is 13.7 Å². The van der Waals surface area contributed by atoms with Gasteiger partial charge < -0.3 is 14.8 Å². The Labute approximate surface area is 125 Å². The number of carbonyl (C=O) groups is 1. The zero-order chi connectivity index (χ0) is 14.7. The van der Waals surface area contributed by atoms with Crippen LogP contribution < -0.4 is 10.1 Å². The first kappa shape index (κ1) is 14.4. The molecule has 1 aliphatic heterocycles. The summed E-state index contributed by atoms with van der Waals surface area (Å²) < 4.78 is 10.5. The quantitative estimate of drug-likeness (QED) is 0.866. The van der Waals surface area contributed by atoms with E-state index in [9.17, 15) is 4.79 Å². The number of hydrogen-bond donors (Lipinski definition) is 1. The standard InChI is InChI=1S/C17H23NO3/c1-20-17(19)12-6-8-15(9-7-12)21-11-14-10-13-4-2-3-5-16(13)18-14/h6-9,13-14,16,18H,2-5,10-11H2,1H3/t13?,14-,16?/m0/s1. The lowest BCUT2D eigenvalue weighted by molar-refractivity contribution is 0.0600. The van der Waals surface area contributed by atoms with E-state index >= 15 is 0 Å². The van der Waals surface area contributed by atoms with Gasteiger partial charge in [0, 0.05) is 12.1 Å². The van der Waals surface area contributed by atoms with Crippen molar-refractivity contribution in [3.63, 3.8) is 0 Å². The first-order valence-corrected chi connectivity index (χ1v) is 7.83. The first-order chi connectivity index (χ1) is 10.3. The van der Waals surface area contributed by atoms with Gasteiger partial charge in [0.25, 0.3) is 0 Å². The summed E-state index contributed by atoms with van der Waals surface area (Å²) in [5, 5.41) is 3.70. The second-order valence-electron chi connectivity index (χ2n) is 6.08. The average molecular weight is 289 g/mol. The topological polar surface area (TPSA) is 47.6 Å². The summed E-state index contributed by atoms with van der Waals surface area (Å²) in [5.41, 5.74) is 0.551. The third-order valence-electron chi connectivity index (χ3n) is 4.67. The molecule has 1 saturated heterocycles. The van der Waals surface area contributed by atoms with E-state index in [-0.39, 0.29) is 5.97 Å². The smallest absolute Gasteiger partial charge is 0.337 e. The highest BCUT2D eigenvalue weighted by Crippen LogP contribution is 2.33. The van der Waals surface area contributed by atoms with Gasteiger partial charge in [-0.25, -0.2) is 4.79 Å². The second kappa shape index (κ2) is 6.48. The highest BCUT2D eigenvalue weighted by Gasteiger charge is 2.35. The van der Waals surface area contributed by atoms with E-state index in [1.807, 2.05) is 12.1 Å². The Hall–Kier alpha value is -1.55. The van der Waals surface area contributed by atoms with Gasteiger partial charge in [0.2, 0.25) is 0 Å². The minimum Gasteiger partial charge on any atom is -0.492 e. The van der Waals surface area contributed by atoms with Crippen LogP contribution in [0, 0.1) is 5.92 Å². The largest absolute Gasteiger partial charge is 0.492 e. The van der Waals surface area contributed by atoms with Gasteiger partial charge in [-0.05, 0) is 49.4 Å². The molecule has 2 aliphatic rings. The van der Waals surface area contributed by atoms with Crippen molar-refractivity contribution >= 4 is 5.97 Å². The molecule has 0 aromatic heterocycles. The Morgan fingerprint density at radius 3 is 2.71 bits per heavy atom. The van der Waals surface area contributed by atoms with E-state index in [0.717, 1.165) is 11.7 Å². The molecule has 0 spiro atoms. The van der Waals surface area contributed by atoms with Gasteiger partial charge in [0.05, 0.1) is 12.7 Å². The predicted molar refractivity (Wildman–Crippen MR) is 80.6 cm³/mol. The number of methoxy groups -OCH3 is 1. The first-order valence-electron chi connectivity index (χ1n) is 7.83. The fraction of sp³-hybridized carbons (Fsp3) is 0.588. The van der Waals surface area contributed by atoms with Gasteiger partial charge in [-0.15, -0.1) is 0 Å². The van der Waals surface area contributed by atoms with Crippen LogP contribution in [-0.2, 0) is 4.74 Å². The number of ether oxygens (including phenoxy) is 2. The Morgan fingerprint density at radius 1 is 1.24 bits per heavy atom. The molecule has 2 fully saturated rings. The summed E-state index contributed by atoms with van der Waals surface area (Å²) in [6, 6.07) is 8.29. The van der Waals surface area contributed by atoms with Gasteiger partial charge >= 0.3 is 5.97 Å². The summed E-state index contributed by atoms with van der Waals surface area (Å²) in [4.78, 5) is 11.4. The molecule has 1 aromatic rings. The highest BCUT2D eigenvalue weighted by molar-refractivity contribution is 5.89. The molecule has 2 unspecified atom stereocenters. The van der Waals surface area contributed by atoms with Gasteiger partial charge in [-0.2, -0.15) is 0 Å². The van der Waals surface area contributed by atoms with Crippen LogP contribution in [0.3, 0.4) is 0 Å². The molecule has 0 radical (unpaired) electrons. The number of nitrogens with one attached hydrogen (secondary N) is 1. The van der Waals surface area contributed by atoms with Crippen LogP contribution in [-0.4, -0.2) is 31.8 Å². The van der Waals surface area contributed by atoms with Crippen LogP contribution in [0.4, 0.5) is 0 Å². The van der Waals surface area contributed by atoms with Crippen LogP contribution in [0.2, 0.25) is 0 Å². The van der Waals surface area contributed by atoms with Crippen molar-refractivity contribution in [2.24, 2.45) is 5.92 Å². The molecule has 4 nitrogen and oxygen atoms in total. The number of hydrogen-bond acceptors (Lipinski definition) is 4. The monoisotopic (exact) mass is 289 g/mol. The van der Waals surface area contributed by atoms with E-state index in [1.165, 1.54) is 39.2 Å². The lowest BCUT2D eigenvalue weighted by Gasteiger charge is -2.24. The van der Waals surface area contributed by atoms with Gasteiger partial charge in [0.15, 0.2) is 0 Å². The molecule has 0 bridgehead atoms. The molecule has 1 heterocycles. The summed E-state index contributed by atoms with van der Waals surface area (Å²) in [6.07, 6.45) is 6.64. The third kappa shape index (κ3) is 3.38. The summed E-state index contributed by atoms with van der Waals surface area (Å²) in [7, 11) is 1.39.